The van der Waals surface area contributed by atoms with Crippen LogP contribution in [0.3, 0.4) is 0 Å². The van der Waals surface area contributed by atoms with Gasteiger partial charge in [-0.1, -0.05) is 18.2 Å². The van der Waals surface area contributed by atoms with Crippen molar-refractivity contribution in [3.8, 4) is 11.3 Å². The molecule has 2 aliphatic heterocycles. The molecule has 0 aliphatic carbocycles. The molecule has 29 heavy (non-hydrogen) atoms. The lowest BCUT2D eigenvalue weighted by Crippen LogP contribution is -2.48. The van der Waals surface area contributed by atoms with Gasteiger partial charge < -0.3 is 10.2 Å². The molecule has 4 heterocycles. The predicted octanol–water partition coefficient (Wildman–Crippen LogP) is 4.12. The molecule has 1 atom stereocenters. The molecule has 1 aromatic carbocycles. The molecule has 5 rings (SSSR count). The van der Waals surface area contributed by atoms with Crippen LogP contribution in [0.25, 0.3) is 22.2 Å². The first-order valence-electron chi connectivity index (χ1n) is 10.3. The van der Waals surface area contributed by atoms with E-state index in [9.17, 15) is 0 Å². The monoisotopic (exact) mass is 405 g/mol. The highest BCUT2D eigenvalue weighted by atomic mass is 32.1. The van der Waals surface area contributed by atoms with Gasteiger partial charge in [0, 0.05) is 53.4 Å². The van der Waals surface area contributed by atoms with Crippen LogP contribution >= 0.6 is 12.2 Å². The molecule has 0 radical (unpaired) electrons. The Bertz CT molecular complexity index is 1100. The molecule has 0 saturated carbocycles. The lowest BCUT2D eigenvalue weighted by molar-refractivity contribution is 0.400. The standard InChI is InChI=1S/C23H27N5S/c1-22(2,3)25-21(29)27-10-8-23(15-27)9-11-28-20(23)13-19(26-28)17-12-16-6-4-5-7-18(16)24-14-17/h4-7,12-14H,8-11,15H2,1-3H3,(H,25,29). The normalized spacial score (nSPS) is 21.1. The first kappa shape index (κ1) is 18.6. The third kappa shape index (κ3) is 3.29. The summed E-state index contributed by atoms with van der Waals surface area (Å²) in [6.45, 7) is 9.40. The van der Waals surface area contributed by atoms with Crippen molar-refractivity contribution in [2.45, 2.75) is 51.1 Å². The summed E-state index contributed by atoms with van der Waals surface area (Å²) >= 11 is 5.69. The zero-order chi connectivity index (χ0) is 20.2. The van der Waals surface area contributed by atoms with Crippen molar-refractivity contribution in [1.82, 2.24) is 25.0 Å². The van der Waals surface area contributed by atoms with Crippen LogP contribution in [-0.4, -0.2) is 43.4 Å². The third-order valence-electron chi connectivity index (χ3n) is 6.13. The molecular weight excluding hydrogens is 378 g/mol. The van der Waals surface area contributed by atoms with Crippen LogP contribution in [0.4, 0.5) is 0 Å². The molecule has 150 valence electrons. The molecule has 0 bridgehead atoms. The minimum atomic E-state index is -0.0134. The first-order chi connectivity index (χ1) is 13.8. The Morgan fingerprint density at radius 1 is 1.14 bits per heavy atom. The Morgan fingerprint density at radius 3 is 2.76 bits per heavy atom. The van der Waals surface area contributed by atoms with E-state index in [1.165, 1.54) is 5.69 Å². The quantitative estimate of drug-likeness (QED) is 0.617. The highest BCUT2D eigenvalue weighted by Gasteiger charge is 2.46. The minimum absolute atomic E-state index is 0.0134. The Hall–Kier alpha value is -2.47. The Kier molecular flexibility index (Phi) is 4.17. The molecule has 1 spiro atoms. The van der Waals surface area contributed by atoms with Crippen molar-refractivity contribution in [3.63, 3.8) is 0 Å². The summed E-state index contributed by atoms with van der Waals surface area (Å²) in [5.74, 6) is 0. The average Bonchev–Trinajstić information content (AvgIpc) is 3.37. The summed E-state index contributed by atoms with van der Waals surface area (Å²) in [4.78, 5) is 6.95. The van der Waals surface area contributed by atoms with Crippen molar-refractivity contribution in [2.75, 3.05) is 13.1 Å². The fourth-order valence-electron chi connectivity index (χ4n) is 4.67. The van der Waals surface area contributed by atoms with Crippen LogP contribution in [0.1, 0.15) is 39.3 Å². The van der Waals surface area contributed by atoms with Gasteiger partial charge >= 0.3 is 0 Å². The van der Waals surface area contributed by atoms with Gasteiger partial charge in [-0.25, -0.2) is 0 Å². The van der Waals surface area contributed by atoms with Crippen molar-refractivity contribution < 1.29 is 0 Å². The van der Waals surface area contributed by atoms with E-state index in [0.29, 0.717) is 0 Å². The van der Waals surface area contributed by atoms with E-state index in [2.05, 4.69) is 64.9 Å². The number of likely N-dealkylation sites (tertiary alicyclic amines) is 1. The zero-order valence-electron chi connectivity index (χ0n) is 17.3. The Labute approximate surface area is 177 Å². The van der Waals surface area contributed by atoms with Gasteiger partial charge in [0.1, 0.15) is 0 Å². The number of pyridine rings is 1. The van der Waals surface area contributed by atoms with Gasteiger partial charge in [-0.3, -0.25) is 9.67 Å². The fourth-order valence-corrected chi connectivity index (χ4v) is 5.14. The molecule has 3 aromatic rings. The maximum absolute atomic E-state index is 5.69. The number of hydrogen-bond acceptors (Lipinski definition) is 3. The highest BCUT2D eigenvalue weighted by molar-refractivity contribution is 7.80. The second kappa shape index (κ2) is 6.52. The van der Waals surface area contributed by atoms with Gasteiger partial charge in [-0.05, 0) is 64.0 Å². The van der Waals surface area contributed by atoms with E-state index in [1.807, 2.05) is 18.3 Å². The Balaban J connectivity index is 1.42. The van der Waals surface area contributed by atoms with Gasteiger partial charge in [0.15, 0.2) is 5.11 Å². The minimum Gasteiger partial charge on any atom is -0.358 e. The Morgan fingerprint density at radius 2 is 1.93 bits per heavy atom. The number of aromatic nitrogens is 3. The van der Waals surface area contributed by atoms with Crippen molar-refractivity contribution in [1.29, 1.82) is 0 Å². The maximum Gasteiger partial charge on any atom is 0.169 e. The van der Waals surface area contributed by atoms with E-state index in [1.54, 1.807) is 0 Å². The summed E-state index contributed by atoms with van der Waals surface area (Å²) in [5.41, 5.74) is 4.61. The maximum atomic E-state index is 5.69. The number of thiocarbonyl (C=S) groups is 1. The lowest BCUT2D eigenvalue weighted by Gasteiger charge is -2.29. The summed E-state index contributed by atoms with van der Waals surface area (Å²) in [5, 5.41) is 10.4. The van der Waals surface area contributed by atoms with E-state index >= 15 is 0 Å². The highest BCUT2D eigenvalue weighted by Crippen LogP contribution is 2.43. The van der Waals surface area contributed by atoms with Gasteiger partial charge in [0.2, 0.25) is 0 Å². The number of nitrogens with one attached hydrogen (secondary N) is 1. The number of aryl methyl sites for hydroxylation is 1. The molecule has 0 amide bonds. The molecule has 2 aliphatic rings. The molecule has 5 nitrogen and oxygen atoms in total. The number of para-hydroxylation sites is 1. The number of rotatable bonds is 1. The summed E-state index contributed by atoms with van der Waals surface area (Å²) in [6.07, 6.45) is 4.21. The second-order valence-corrected chi connectivity index (χ2v) is 9.82. The fraction of sp³-hybridized carbons (Fsp3) is 0.435. The van der Waals surface area contributed by atoms with Crippen molar-refractivity contribution in [3.05, 3.63) is 48.3 Å². The van der Waals surface area contributed by atoms with E-state index in [-0.39, 0.29) is 11.0 Å². The van der Waals surface area contributed by atoms with Crippen LogP contribution < -0.4 is 5.32 Å². The van der Waals surface area contributed by atoms with Crippen LogP contribution in [0.2, 0.25) is 0 Å². The first-order valence-corrected chi connectivity index (χ1v) is 10.7. The van der Waals surface area contributed by atoms with Gasteiger partial charge in [0.25, 0.3) is 0 Å². The third-order valence-corrected chi connectivity index (χ3v) is 6.49. The van der Waals surface area contributed by atoms with Crippen molar-refractivity contribution >= 4 is 28.2 Å². The summed E-state index contributed by atoms with van der Waals surface area (Å²) < 4.78 is 2.20. The topological polar surface area (TPSA) is 46.0 Å². The van der Waals surface area contributed by atoms with Crippen LogP contribution in [-0.2, 0) is 12.0 Å². The molecule has 1 saturated heterocycles. The second-order valence-electron chi connectivity index (χ2n) is 9.44. The molecule has 1 fully saturated rings. The molecule has 2 aromatic heterocycles. The van der Waals surface area contributed by atoms with E-state index < -0.39 is 0 Å². The van der Waals surface area contributed by atoms with Crippen LogP contribution in [0, 0.1) is 0 Å². The zero-order valence-corrected chi connectivity index (χ0v) is 18.1. The molecular formula is C23H27N5S. The predicted molar refractivity (Wildman–Crippen MR) is 121 cm³/mol. The largest absolute Gasteiger partial charge is 0.358 e. The number of benzene rings is 1. The van der Waals surface area contributed by atoms with Crippen LogP contribution in [0.15, 0.2) is 42.6 Å². The SMILES string of the molecule is CC(C)(C)NC(=S)N1CCC2(CCn3nc(-c4cnc5ccccc5c4)cc32)C1. The molecule has 1 unspecified atom stereocenters. The van der Waals surface area contributed by atoms with E-state index in [0.717, 1.165) is 59.7 Å². The number of nitrogens with zero attached hydrogens (tertiary/aromatic N) is 4. The average molecular weight is 406 g/mol. The van der Waals surface area contributed by atoms with Gasteiger partial charge in [0.05, 0.1) is 11.2 Å². The smallest absolute Gasteiger partial charge is 0.169 e. The number of hydrogen-bond donors (Lipinski definition) is 1. The summed E-state index contributed by atoms with van der Waals surface area (Å²) in [6, 6.07) is 12.7. The number of fused-ring (bicyclic) bond motifs is 3. The van der Waals surface area contributed by atoms with E-state index in [4.69, 9.17) is 17.3 Å². The summed E-state index contributed by atoms with van der Waals surface area (Å²) in [7, 11) is 0. The van der Waals surface area contributed by atoms with Gasteiger partial charge in [-0.2, -0.15) is 5.10 Å². The van der Waals surface area contributed by atoms with Crippen molar-refractivity contribution in [2.24, 2.45) is 0 Å². The molecule has 1 N–H and O–H groups in total. The van der Waals surface area contributed by atoms with Crippen LogP contribution in [0.5, 0.6) is 0 Å². The van der Waals surface area contributed by atoms with Gasteiger partial charge in [-0.15, -0.1) is 0 Å². The lowest BCUT2D eigenvalue weighted by atomic mass is 9.82. The molecule has 6 heteroatoms.